The Morgan fingerprint density at radius 3 is 2.78 bits per heavy atom. The third-order valence-electron chi connectivity index (χ3n) is 3.94. The summed E-state index contributed by atoms with van der Waals surface area (Å²) in [7, 11) is 0. The van der Waals surface area contributed by atoms with Crippen LogP contribution in [0.25, 0.3) is 0 Å². The molecule has 0 bridgehead atoms. The summed E-state index contributed by atoms with van der Waals surface area (Å²) in [4.78, 5) is 25.8. The maximum Gasteiger partial charge on any atom is 0.348 e. The molecule has 2 N–H and O–H groups in total. The molecule has 120 valence electrons. The van der Waals surface area contributed by atoms with Crippen molar-refractivity contribution < 1.29 is 14.3 Å². The molecule has 1 aromatic carbocycles. The summed E-state index contributed by atoms with van der Waals surface area (Å²) in [6.07, 6.45) is 0.999. The molecule has 0 aliphatic carbocycles. The number of nitrogens with two attached hydrogens (primary N) is 1. The van der Waals surface area contributed by atoms with E-state index in [9.17, 15) is 9.59 Å². The Morgan fingerprint density at radius 1 is 1.30 bits per heavy atom. The van der Waals surface area contributed by atoms with Crippen molar-refractivity contribution in [3.8, 4) is 0 Å². The largest absolute Gasteiger partial charge is 0.461 e. The maximum atomic E-state index is 12.0. The topological polar surface area (TPSA) is 72.6 Å². The molecule has 0 radical (unpaired) electrons. The van der Waals surface area contributed by atoms with E-state index in [0.29, 0.717) is 23.0 Å². The number of hydrogen-bond acceptors (Lipinski definition) is 5. The molecule has 1 aromatic heterocycles. The van der Waals surface area contributed by atoms with Crippen molar-refractivity contribution in [1.82, 2.24) is 0 Å². The predicted octanol–water partition coefficient (Wildman–Crippen LogP) is 2.53. The first-order valence-corrected chi connectivity index (χ1v) is 8.37. The van der Waals surface area contributed by atoms with Crippen LogP contribution in [0.1, 0.15) is 26.5 Å². The number of ether oxygens (including phenoxy) is 1. The standard InChI is InChI=1S/C17H18N2O3S/c18-16(20)13-8-15(23-11-13)17(21)22-10-12-6-7-19(9-12)14-4-2-1-3-5-14/h1-5,8,11-12H,6-7,9-10H2,(H2,18,20)/t12-/m0/s1. The average Bonchev–Trinajstić information content (AvgIpc) is 3.23. The highest BCUT2D eigenvalue weighted by Gasteiger charge is 2.24. The second-order valence-corrected chi connectivity index (χ2v) is 6.51. The van der Waals surface area contributed by atoms with Crippen molar-refractivity contribution >= 4 is 28.9 Å². The molecular weight excluding hydrogens is 312 g/mol. The Morgan fingerprint density at radius 2 is 2.09 bits per heavy atom. The molecule has 1 amide bonds. The Balaban J connectivity index is 1.51. The molecule has 0 saturated carbocycles. The molecule has 5 nitrogen and oxygen atoms in total. The average molecular weight is 330 g/mol. The van der Waals surface area contributed by atoms with Crippen LogP contribution in [0, 0.1) is 5.92 Å². The molecule has 0 spiro atoms. The molecule has 1 fully saturated rings. The van der Waals surface area contributed by atoms with Gasteiger partial charge in [0.15, 0.2) is 0 Å². The molecule has 23 heavy (non-hydrogen) atoms. The summed E-state index contributed by atoms with van der Waals surface area (Å²) >= 11 is 1.18. The van der Waals surface area contributed by atoms with Gasteiger partial charge in [-0.2, -0.15) is 0 Å². The number of nitrogens with zero attached hydrogens (tertiary/aromatic N) is 1. The molecule has 1 saturated heterocycles. The molecule has 6 heteroatoms. The Labute approximate surface area is 138 Å². The maximum absolute atomic E-state index is 12.0. The molecule has 1 atom stereocenters. The van der Waals surface area contributed by atoms with Crippen LogP contribution in [-0.4, -0.2) is 31.6 Å². The Bertz CT molecular complexity index is 699. The van der Waals surface area contributed by atoms with Crippen LogP contribution in [0.5, 0.6) is 0 Å². The Hall–Kier alpha value is -2.34. The van der Waals surface area contributed by atoms with Crippen LogP contribution in [0.15, 0.2) is 41.8 Å². The number of thiophene rings is 1. The number of esters is 1. The summed E-state index contributed by atoms with van der Waals surface area (Å²) in [5.41, 5.74) is 6.73. The fourth-order valence-electron chi connectivity index (χ4n) is 2.68. The van der Waals surface area contributed by atoms with Crippen molar-refractivity contribution in [1.29, 1.82) is 0 Å². The molecular formula is C17H18N2O3S. The smallest absolute Gasteiger partial charge is 0.348 e. The van der Waals surface area contributed by atoms with Gasteiger partial charge in [-0.1, -0.05) is 18.2 Å². The molecule has 1 aliphatic rings. The van der Waals surface area contributed by atoms with Crippen LogP contribution >= 0.6 is 11.3 Å². The van der Waals surface area contributed by atoms with E-state index in [-0.39, 0.29) is 5.97 Å². The second-order valence-electron chi connectivity index (χ2n) is 5.60. The highest BCUT2D eigenvalue weighted by molar-refractivity contribution is 7.12. The molecule has 2 heterocycles. The summed E-state index contributed by atoms with van der Waals surface area (Å²) in [6, 6.07) is 11.7. The zero-order chi connectivity index (χ0) is 16.2. The number of anilines is 1. The molecule has 2 aromatic rings. The summed E-state index contributed by atoms with van der Waals surface area (Å²) in [6.45, 7) is 2.25. The van der Waals surface area contributed by atoms with Gasteiger partial charge in [-0.15, -0.1) is 11.3 Å². The van der Waals surface area contributed by atoms with Crippen LogP contribution in [0.4, 0.5) is 5.69 Å². The van der Waals surface area contributed by atoms with Gasteiger partial charge >= 0.3 is 5.97 Å². The number of amides is 1. The quantitative estimate of drug-likeness (QED) is 0.855. The lowest BCUT2D eigenvalue weighted by Gasteiger charge is -2.18. The fraction of sp³-hybridized carbons (Fsp3) is 0.294. The molecule has 1 aliphatic heterocycles. The SMILES string of the molecule is NC(=O)c1csc(C(=O)OC[C@H]2CCN(c3ccccc3)C2)c1. The van der Waals surface area contributed by atoms with Crippen molar-refractivity contribution in [2.45, 2.75) is 6.42 Å². The summed E-state index contributed by atoms with van der Waals surface area (Å²) in [5.74, 6) is -0.593. The van der Waals surface area contributed by atoms with E-state index in [1.54, 1.807) is 5.38 Å². The van der Waals surface area contributed by atoms with E-state index >= 15 is 0 Å². The lowest BCUT2D eigenvalue weighted by Crippen LogP contribution is -2.21. The number of rotatable bonds is 5. The lowest BCUT2D eigenvalue weighted by atomic mass is 10.1. The van der Waals surface area contributed by atoms with E-state index in [2.05, 4.69) is 17.0 Å². The highest BCUT2D eigenvalue weighted by Crippen LogP contribution is 2.24. The minimum atomic E-state index is -0.533. The van der Waals surface area contributed by atoms with Gasteiger partial charge in [0.25, 0.3) is 0 Å². The van der Waals surface area contributed by atoms with Crippen molar-refractivity contribution in [2.75, 3.05) is 24.6 Å². The third kappa shape index (κ3) is 3.71. The predicted molar refractivity (Wildman–Crippen MR) is 89.9 cm³/mol. The summed E-state index contributed by atoms with van der Waals surface area (Å²) in [5, 5.41) is 1.58. The third-order valence-corrected chi connectivity index (χ3v) is 4.85. The Kier molecular flexibility index (Phi) is 4.62. The van der Waals surface area contributed by atoms with E-state index in [1.165, 1.54) is 23.1 Å². The number of carbonyl (C=O) groups excluding carboxylic acids is 2. The van der Waals surface area contributed by atoms with Gasteiger partial charge < -0.3 is 15.4 Å². The fourth-order valence-corrected chi connectivity index (χ4v) is 3.47. The van der Waals surface area contributed by atoms with E-state index in [0.717, 1.165) is 19.5 Å². The number of hydrogen-bond donors (Lipinski definition) is 1. The normalized spacial score (nSPS) is 17.2. The van der Waals surface area contributed by atoms with Crippen LogP contribution < -0.4 is 10.6 Å². The molecule has 0 unspecified atom stereocenters. The number of carbonyl (C=O) groups is 2. The number of benzene rings is 1. The first-order chi connectivity index (χ1) is 11.1. The highest BCUT2D eigenvalue weighted by atomic mass is 32.1. The van der Waals surface area contributed by atoms with Crippen molar-refractivity contribution in [3.63, 3.8) is 0 Å². The van der Waals surface area contributed by atoms with E-state index < -0.39 is 5.91 Å². The van der Waals surface area contributed by atoms with Crippen LogP contribution in [0.3, 0.4) is 0 Å². The van der Waals surface area contributed by atoms with Crippen LogP contribution in [0.2, 0.25) is 0 Å². The minimum Gasteiger partial charge on any atom is -0.461 e. The molecule has 3 rings (SSSR count). The van der Waals surface area contributed by atoms with Gasteiger partial charge in [0.05, 0.1) is 12.2 Å². The van der Waals surface area contributed by atoms with Crippen LogP contribution in [-0.2, 0) is 4.74 Å². The monoisotopic (exact) mass is 330 g/mol. The first-order valence-electron chi connectivity index (χ1n) is 7.49. The minimum absolute atomic E-state index is 0.328. The number of para-hydroxylation sites is 1. The van der Waals surface area contributed by atoms with Crippen molar-refractivity contribution in [2.24, 2.45) is 11.7 Å². The van der Waals surface area contributed by atoms with E-state index in [4.69, 9.17) is 10.5 Å². The number of primary amides is 1. The lowest BCUT2D eigenvalue weighted by molar-refractivity contribution is 0.0457. The second kappa shape index (κ2) is 6.83. The van der Waals surface area contributed by atoms with Gasteiger partial charge in [-0.25, -0.2) is 4.79 Å². The zero-order valence-corrected chi connectivity index (χ0v) is 13.4. The van der Waals surface area contributed by atoms with Gasteiger partial charge in [-0.05, 0) is 24.6 Å². The van der Waals surface area contributed by atoms with Gasteiger partial charge in [0, 0.05) is 30.1 Å². The zero-order valence-electron chi connectivity index (χ0n) is 12.6. The van der Waals surface area contributed by atoms with Gasteiger partial charge in [0.2, 0.25) is 5.91 Å². The van der Waals surface area contributed by atoms with Crippen molar-refractivity contribution in [3.05, 3.63) is 52.2 Å². The van der Waals surface area contributed by atoms with Gasteiger partial charge in [-0.3, -0.25) is 4.79 Å². The van der Waals surface area contributed by atoms with Gasteiger partial charge in [0.1, 0.15) is 4.88 Å². The first kappa shape index (κ1) is 15.6. The summed E-state index contributed by atoms with van der Waals surface area (Å²) < 4.78 is 5.38. The van der Waals surface area contributed by atoms with E-state index in [1.807, 2.05) is 18.2 Å².